The van der Waals surface area contributed by atoms with Crippen LogP contribution in [0.4, 0.5) is 0 Å². The minimum atomic E-state index is -1.46. The van der Waals surface area contributed by atoms with Crippen molar-refractivity contribution in [2.45, 2.75) is 12.1 Å². The van der Waals surface area contributed by atoms with Crippen LogP contribution in [0.1, 0.15) is 6.42 Å². The van der Waals surface area contributed by atoms with E-state index >= 15 is 0 Å². The van der Waals surface area contributed by atoms with Crippen molar-refractivity contribution < 1.29 is 9.90 Å². The third-order valence-corrected chi connectivity index (χ3v) is 3.04. The largest absolute Gasteiger partial charge is 0.478 e. The number of thioether (sulfide) groups is 1. The van der Waals surface area contributed by atoms with Crippen molar-refractivity contribution in [3.63, 3.8) is 0 Å². The molecule has 0 fully saturated rings. The third kappa shape index (κ3) is 2.73. The average molecular weight is 294 g/mol. The van der Waals surface area contributed by atoms with Crippen LogP contribution in [-0.4, -0.2) is 32.9 Å². The van der Waals surface area contributed by atoms with Gasteiger partial charge in [0.15, 0.2) is 0 Å². The highest BCUT2D eigenvalue weighted by molar-refractivity contribution is 9.10. The Morgan fingerprint density at radius 1 is 1.87 bits per heavy atom. The molecule has 0 aliphatic heterocycles. The van der Waals surface area contributed by atoms with E-state index in [-0.39, 0.29) is 0 Å². The molecule has 7 heteroatoms. The molecular weight excluding hydrogens is 282 g/mol. The lowest BCUT2D eigenvalue weighted by atomic mass is 10.1. The molecule has 5 nitrogen and oxygen atoms in total. The van der Waals surface area contributed by atoms with Gasteiger partial charge < -0.3 is 5.11 Å². The van der Waals surface area contributed by atoms with Crippen molar-refractivity contribution in [2.75, 3.05) is 12.0 Å². The second-order valence-electron chi connectivity index (χ2n) is 3.08. The number of hydrogen-bond donors (Lipinski definition) is 2. The number of carboxylic acids is 1. The van der Waals surface area contributed by atoms with Gasteiger partial charge in [-0.25, -0.2) is 9.48 Å². The zero-order valence-corrected chi connectivity index (χ0v) is 10.6. The van der Waals surface area contributed by atoms with Crippen LogP contribution in [0.5, 0.6) is 0 Å². The molecule has 0 amide bonds. The van der Waals surface area contributed by atoms with Crippen molar-refractivity contribution in [3.8, 4) is 0 Å². The van der Waals surface area contributed by atoms with E-state index in [9.17, 15) is 4.79 Å². The Hall–Kier alpha value is -0.530. The number of carbonyl (C=O) groups is 1. The summed E-state index contributed by atoms with van der Waals surface area (Å²) in [6, 6.07) is 0. The summed E-state index contributed by atoms with van der Waals surface area (Å²) >= 11 is 4.76. The first-order valence-corrected chi connectivity index (χ1v) is 6.41. The Balaban J connectivity index is 2.95. The second-order valence-corrected chi connectivity index (χ2v) is 4.98. The summed E-state index contributed by atoms with van der Waals surface area (Å²) in [6.07, 6.45) is 5.32. The molecule has 3 N–H and O–H groups in total. The summed E-state index contributed by atoms with van der Waals surface area (Å²) in [7, 11) is 0. The lowest BCUT2D eigenvalue weighted by Crippen LogP contribution is -2.51. The molecule has 0 saturated heterocycles. The van der Waals surface area contributed by atoms with Gasteiger partial charge in [0.2, 0.25) is 5.66 Å². The quantitative estimate of drug-likeness (QED) is 0.849. The predicted octanol–water partition coefficient (Wildman–Crippen LogP) is 1.09. The van der Waals surface area contributed by atoms with Crippen LogP contribution in [-0.2, 0) is 10.5 Å². The highest BCUT2D eigenvalue weighted by atomic mass is 79.9. The maximum atomic E-state index is 11.1. The molecule has 1 aromatic rings. The maximum Gasteiger partial charge on any atom is 0.346 e. The van der Waals surface area contributed by atoms with E-state index < -0.39 is 11.6 Å². The molecule has 1 atom stereocenters. The molecule has 1 rings (SSSR count). The van der Waals surface area contributed by atoms with Gasteiger partial charge in [0.25, 0.3) is 0 Å². The molecule has 0 aliphatic rings. The van der Waals surface area contributed by atoms with Crippen molar-refractivity contribution >= 4 is 33.7 Å². The van der Waals surface area contributed by atoms with E-state index in [1.807, 2.05) is 6.26 Å². The fraction of sp³-hybridized carbons (Fsp3) is 0.500. The zero-order valence-electron chi connectivity index (χ0n) is 8.18. The first-order valence-electron chi connectivity index (χ1n) is 4.22. The lowest BCUT2D eigenvalue weighted by molar-refractivity contribution is -0.148. The summed E-state index contributed by atoms with van der Waals surface area (Å²) in [6.45, 7) is 0. The number of nitrogens with zero attached hydrogens (tertiary/aromatic N) is 2. The molecule has 0 spiro atoms. The maximum absolute atomic E-state index is 11.1. The van der Waals surface area contributed by atoms with Gasteiger partial charge >= 0.3 is 5.97 Å². The van der Waals surface area contributed by atoms with Crippen LogP contribution in [0.2, 0.25) is 0 Å². The van der Waals surface area contributed by atoms with E-state index in [4.69, 9.17) is 10.8 Å². The van der Waals surface area contributed by atoms with Gasteiger partial charge in [-0.3, -0.25) is 5.73 Å². The minimum absolute atomic E-state index is 0.331. The van der Waals surface area contributed by atoms with E-state index in [0.29, 0.717) is 16.6 Å². The molecule has 1 unspecified atom stereocenters. The van der Waals surface area contributed by atoms with Crippen LogP contribution < -0.4 is 5.73 Å². The molecule has 0 bridgehead atoms. The van der Waals surface area contributed by atoms with Crippen LogP contribution in [0.15, 0.2) is 16.9 Å². The van der Waals surface area contributed by atoms with E-state index in [1.165, 1.54) is 10.9 Å². The molecule has 0 saturated carbocycles. The van der Waals surface area contributed by atoms with Gasteiger partial charge in [0.05, 0.1) is 10.7 Å². The van der Waals surface area contributed by atoms with E-state index in [0.717, 1.165) is 0 Å². The average Bonchev–Trinajstić information content (AvgIpc) is 2.61. The molecule has 1 aromatic heterocycles. The Morgan fingerprint density at radius 2 is 2.53 bits per heavy atom. The Bertz CT molecular complexity index is 357. The van der Waals surface area contributed by atoms with Gasteiger partial charge in [-0.05, 0) is 27.9 Å². The van der Waals surface area contributed by atoms with Gasteiger partial charge in [0.1, 0.15) is 0 Å². The fourth-order valence-electron chi connectivity index (χ4n) is 1.10. The summed E-state index contributed by atoms with van der Waals surface area (Å²) < 4.78 is 1.98. The number of carboxylic acid groups (broad SMARTS) is 1. The number of aliphatic carboxylic acids is 1. The Morgan fingerprint density at radius 3 is 2.93 bits per heavy atom. The van der Waals surface area contributed by atoms with Crippen molar-refractivity contribution in [2.24, 2.45) is 5.73 Å². The number of nitrogens with two attached hydrogens (primary N) is 1. The smallest absolute Gasteiger partial charge is 0.346 e. The van der Waals surface area contributed by atoms with Gasteiger partial charge in [-0.2, -0.15) is 16.9 Å². The van der Waals surface area contributed by atoms with Crippen LogP contribution in [0.25, 0.3) is 0 Å². The fourth-order valence-corrected chi connectivity index (χ4v) is 1.90. The molecule has 84 valence electrons. The number of rotatable bonds is 5. The summed E-state index contributed by atoms with van der Waals surface area (Å²) in [5.74, 6) is -0.410. The van der Waals surface area contributed by atoms with E-state index in [2.05, 4.69) is 21.0 Å². The highest BCUT2D eigenvalue weighted by Crippen LogP contribution is 2.19. The molecule has 1 heterocycles. The Kier molecular flexibility index (Phi) is 4.18. The first kappa shape index (κ1) is 12.5. The van der Waals surface area contributed by atoms with Crippen LogP contribution >= 0.6 is 27.7 Å². The summed E-state index contributed by atoms with van der Waals surface area (Å²) in [5, 5.41) is 13.0. The predicted molar refractivity (Wildman–Crippen MR) is 62.7 cm³/mol. The normalized spacial score (nSPS) is 14.9. The van der Waals surface area contributed by atoms with Gasteiger partial charge in [-0.1, -0.05) is 0 Å². The van der Waals surface area contributed by atoms with E-state index in [1.54, 1.807) is 18.0 Å². The monoisotopic (exact) mass is 293 g/mol. The van der Waals surface area contributed by atoms with Gasteiger partial charge in [-0.15, -0.1) is 0 Å². The molecule has 0 aliphatic carbocycles. The first-order chi connectivity index (χ1) is 7.00. The molecule has 15 heavy (non-hydrogen) atoms. The zero-order chi connectivity index (χ0) is 11.5. The molecule has 0 aromatic carbocycles. The summed E-state index contributed by atoms with van der Waals surface area (Å²) in [5.41, 5.74) is 4.37. The van der Waals surface area contributed by atoms with Crippen molar-refractivity contribution in [1.29, 1.82) is 0 Å². The van der Waals surface area contributed by atoms with Crippen LogP contribution in [0, 0.1) is 0 Å². The number of halogens is 1. The van der Waals surface area contributed by atoms with Crippen LogP contribution in [0.3, 0.4) is 0 Å². The second kappa shape index (κ2) is 5.00. The standard InChI is InChI=1S/C8H12BrN3O2S/c1-15-3-2-8(10,7(13)14)12-5-6(9)4-11-12/h4-5H,2-3,10H2,1H3,(H,13,14). The molecular formula is C8H12BrN3O2S. The summed E-state index contributed by atoms with van der Waals surface area (Å²) in [4.78, 5) is 11.1. The topological polar surface area (TPSA) is 81.1 Å². The Labute approximate surface area is 100 Å². The SMILES string of the molecule is CSCCC(N)(C(=O)O)n1cc(Br)cn1. The number of aromatic nitrogens is 2. The third-order valence-electron chi connectivity index (χ3n) is 2.02. The highest BCUT2D eigenvalue weighted by Gasteiger charge is 2.36. The van der Waals surface area contributed by atoms with Crippen molar-refractivity contribution in [1.82, 2.24) is 9.78 Å². The minimum Gasteiger partial charge on any atom is -0.478 e. The molecule has 0 radical (unpaired) electrons. The van der Waals surface area contributed by atoms with Crippen molar-refractivity contribution in [3.05, 3.63) is 16.9 Å². The number of hydrogen-bond acceptors (Lipinski definition) is 4. The van der Waals surface area contributed by atoms with Gasteiger partial charge in [0, 0.05) is 12.6 Å². The lowest BCUT2D eigenvalue weighted by Gasteiger charge is -2.24.